The number of hydrogen-bond donors (Lipinski definition) is 0. The van der Waals surface area contributed by atoms with Crippen LogP contribution in [0.5, 0.6) is 5.75 Å². The van der Waals surface area contributed by atoms with E-state index in [1.807, 2.05) is 49.4 Å². The standard InChI is InChI=1S/C25H18I2N2O4S2/c1-15-2-4-16(5-3-15)13-28-24(30)22(35-25(28)34)12-18-10-20(26)23(21(27)11-18)33-14-17-6-8-19(9-7-17)29(31)32/h2-12H,13-14H2,1H3/b22-12-. The van der Waals surface area contributed by atoms with Gasteiger partial charge in [-0.15, -0.1) is 0 Å². The third kappa shape index (κ3) is 6.40. The quantitative estimate of drug-likeness (QED) is 0.0851. The number of aryl methyl sites for hydroxylation is 1. The van der Waals surface area contributed by atoms with Crippen LogP contribution in [0.1, 0.15) is 22.3 Å². The van der Waals surface area contributed by atoms with Gasteiger partial charge in [-0.05, 0) is 99.1 Å². The molecular weight excluding hydrogens is 710 g/mol. The summed E-state index contributed by atoms with van der Waals surface area (Å²) in [5.74, 6) is 0.637. The minimum atomic E-state index is -0.425. The van der Waals surface area contributed by atoms with E-state index in [1.54, 1.807) is 17.0 Å². The third-order valence-corrected chi connectivity index (χ3v) is 8.16. The van der Waals surface area contributed by atoms with Crippen molar-refractivity contribution in [2.75, 3.05) is 0 Å². The van der Waals surface area contributed by atoms with Crippen LogP contribution in [0.4, 0.5) is 5.69 Å². The second-order valence-electron chi connectivity index (χ2n) is 7.78. The number of carbonyl (C=O) groups is 1. The van der Waals surface area contributed by atoms with Crippen LogP contribution in [0.15, 0.2) is 65.6 Å². The molecule has 3 aromatic rings. The zero-order chi connectivity index (χ0) is 25.1. The maximum atomic E-state index is 13.0. The molecule has 0 atom stereocenters. The Kier molecular flexibility index (Phi) is 8.45. The molecule has 0 radical (unpaired) electrons. The molecule has 10 heteroatoms. The SMILES string of the molecule is Cc1ccc(CN2C(=O)/C(=C/c3cc(I)c(OCc4ccc([N+](=O)[O-])cc4)c(I)c3)SC2=S)cc1. The zero-order valence-electron chi connectivity index (χ0n) is 18.4. The maximum Gasteiger partial charge on any atom is 0.269 e. The van der Waals surface area contributed by atoms with Crippen LogP contribution in [-0.4, -0.2) is 20.1 Å². The van der Waals surface area contributed by atoms with Crippen molar-refractivity contribution in [3.63, 3.8) is 0 Å². The Morgan fingerprint density at radius 1 is 1.06 bits per heavy atom. The highest BCUT2D eigenvalue weighted by atomic mass is 127. The van der Waals surface area contributed by atoms with Crippen molar-refractivity contribution in [2.45, 2.75) is 20.1 Å². The smallest absolute Gasteiger partial charge is 0.269 e. The van der Waals surface area contributed by atoms with Gasteiger partial charge in [0.1, 0.15) is 16.7 Å². The van der Waals surface area contributed by atoms with E-state index < -0.39 is 4.92 Å². The number of carbonyl (C=O) groups excluding carboxylic acids is 1. The van der Waals surface area contributed by atoms with Gasteiger partial charge in [0.2, 0.25) is 0 Å². The lowest BCUT2D eigenvalue weighted by molar-refractivity contribution is -0.384. The molecule has 0 aliphatic carbocycles. The predicted molar refractivity (Wildman–Crippen MR) is 159 cm³/mol. The molecule has 35 heavy (non-hydrogen) atoms. The highest BCUT2D eigenvalue weighted by Crippen LogP contribution is 2.36. The lowest BCUT2D eigenvalue weighted by atomic mass is 10.1. The fraction of sp³-hybridized carbons (Fsp3) is 0.120. The fourth-order valence-electron chi connectivity index (χ4n) is 3.33. The summed E-state index contributed by atoms with van der Waals surface area (Å²) in [6, 6.07) is 18.3. The minimum Gasteiger partial charge on any atom is -0.487 e. The van der Waals surface area contributed by atoms with Gasteiger partial charge in [0, 0.05) is 12.1 Å². The van der Waals surface area contributed by atoms with E-state index in [-0.39, 0.29) is 11.6 Å². The monoisotopic (exact) mass is 728 g/mol. The Morgan fingerprint density at radius 2 is 1.66 bits per heavy atom. The first kappa shape index (κ1) is 26.0. The van der Waals surface area contributed by atoms with E-state index in [9.17, 15) is 14.9 Å². The molecule has 6 nitrogen and oxygen atoms in total. The van der Waals surface area contributed by atoms with Crippen LogP contribution in [0.2, 0.25) is 0 Å². The van der Waals surface area contributed by atoms with Gasteiger partial charge in [-0.3, -0.25) is 19.8 Å². The minimum absolute atomic E-state index is 0.0477. The van der Waals surface area contributed by atoms with Crippen LogP contribution in [0.25, 0.3) is 6.08 Å². The van der Waals surface area contributed by atoms with Crippen LogP contribution in [0.3, 0.4) is 0 Å². The molecule has 1 heterocycles. The number of thioether (sulfide) groups is 1. The summed E-state index contributed by atoms with van der Waals surface area (Å²) < 4.78 is 8.35. The zero-order valence-corrected chi connectivity index (χ0v) is 24.3. The summed E-state index contributed by atoms with van der Waals surface area (Å²) in [5.41, 5.74) is 3.97. The van der Waals surface area contributed by atoms with Gasteiger partial charge in [-0.1, -0.05) is 53.8 Å². The van der Waals surface area contributed by atoms with Crippen molar-refractivity contribution in [2.24, 2.45) is 0 Å². The van der Waals surface area contributed by atoms with Gasteiger partial charge >= 0.3 is 0 Å². The third-order valence-electron chi connectivity index (χ3n) is 5.18. The van der Waals surface area contributed by atoms with Crippen molar-refractivity contribution in [3.8, 4) is 5.75 Å². The number of nitrogens with zero attached hydrogens (tertiary/aromatic N) is 2. The molecule has 1 aliphatic rings. The number of amides is 1. The fourth-order valence-corrected chi connectivity index (χ4v) is 6.72. The van der Waals surface area contributed by atoms with E-state index in [1.165, 1.54) is 29.5 Å². The van der Waals surface area contributed by atoms with Gasteiger partial charge in [-0.25, -0.2) is 0 Å². The van der Waals surface area contributed by atoms with Crippen molar-refractivity contribution < 1.29 is 14.5 Å². The molecule has 1 fully saturated rings. The van der Waals surface area contributed by atoms with E-state index in [2.05, 4.69) is 45.2 Å². The Labute approximate surface area is 239 Å². The lowest BCUT2D eigenvalue weighted by Crippen LogP contribution is -2.27. The molecule has 0 N–H and O–H groups in total. The molecule has 0 saturated carbocycles. The van der Waals surface area contributed by atoms with E-state index in [0.29, 0.717) is 22.4 Å². The van der Waals surface area contributed by atoms with Crippen LogP contribution >= 0.6 is 69.2 Å². The van der Waals surface area contributed by atoms with Gasteiger partial charge < -0.3 is 4.74 Å². The van der Waals surface area contributed by atoms with Gasteiger partial charge in [0.15, 0.2) is 0 Å². The first-order valence-corrected chi connectivity index (χ1v) is 13.8. The average molecular weight is 728 g/mol. The summed E-state index contributed by atoms with van der Waals surface area (Å²) in [6.45, 7) is 2.77. The van der Waals surface area contributed by atoms with E-state index in [0.717, 1.165) is 29.6 Å². The highest BCUT2D eigenvalue weighted by Gasteiger charge is 2.32. The normalized spacial score (nSPS) is 14.6. The lowest BCUT2D eigenvalue weighted by Gasteiger charge is -2.14. The van der Waals surface area contributed by atoms with Gasteiger partial charge in [0.25, 0.3) is 11.6 Å². The second-order valence-corrected chi connectivity index (χ2v) is 11.8. The number of nitro benzene ring substituents is 1. The second kappa shape index (κ2) is 11.4. The Bertz CT molecular complexity index is 1320. The molecule has 0 unspecified atom stereocenters. The molecule has 4 rings (SSSR count). The Balaban J connectivity index is 1.47. The largest absolute Gasteiger partial charge is 0.487 e. The molecule has 178 valence electrons. The molecule has 1 saturated heterocycles. The van der Waals surface area contributed by atoms with Crippen LogP contribution < -0.4 is 4.74 Å². The van der Waals surface area contributed by atoms with Crippen molar-refractivity contribution in [3.05, 3.63) is 105 Å². The summed E-state index contributed by atoms with van der Waals surface area (Å²) >= 11 is 11.2. The van der Waals surface area contributed by atoms with E-state index >= 15 is 0 Å². The number of rotatable bonds is 7. The number of hydrogen-bond acceptors (Lipinski definition) is 6. The summed E-state index contributed by atoms with van der Waals surface area (Å²) in [5, 5.41) is 10.8. The molecule has 3 aromatic carbocycles. The number of benzene rings is 3. The Morgan fingerprint density at radius 3 is 2.26 bits per heavy atom. The number of thiocarbonyl (C=S) groups is 1. The van der Waals surface area contributed by atoms with Crippen molar-refractivity contribution in [1.82, 2.24) is 4.90 Å². The van der Waals surface area contributed by atoms with Crippen molar-refractivity contribution in [1.29, 1.82) is 0 Å². The number of nitro groups is 1. The number of halogens is 2. The molecule has 0 spiro atoms. The predicted octanol–water partition coefficient (Wildman–Crippen LogP) is 7.09. The molecule has 1 amide bonds. The van der Waals surface area contributed by atoms with E-state index in [4.69, 9.17) is 17.0 Å². The van der Waals surface area contributed by atoms with Crippen LogP contribution in [0, 0.1) is 24.2 Å². The molecular formula is C25H18I2N2O4S2. The van der Waals surface area contributed by atoms with Gasteiger partial charge in [-0.2, -0.15) is 0 Å². The summed E-state index contributed by atoms with van der Waals surface area (Å²) in [7, 11) is 0. The highest BCUT2D eigenvalue weighted by molar-refractivity contribution is 14.1. The van der Waals surface area contributed by atoms with Gasteiger partial charge in [0.05, 0.1) is 23.5 Å². The summed E-state index contributed by atoms with van der Waals surface area (Å²) in [6.07, 6.45) is 1.86. The number of non-ortho nitro benzene ring substituents is 1. The maximum absolute atomic E-state index is 13.0. The molecule has 0 aromatic heterocycles. The topological polar surface area (TPSA) is 72.7 Å². The van der Waals surface area contributed by atoms with Crippen LogP contribution in [-0.2, 0) is 17.9 Å². The molecule has 0 bridgehead atoms. The Hall–Kier alpha value is -2.03. The summed E-state index contributed by atoms with van der Waals surface area (Å²) in [4.78, 5) is 25.7. The number of ether oxygens (including phenoxy) is 1. The molecule has 1 aliphatic heterocycles. The first-order valence-electron chi connectivity index (χ1n) is 10.4. The average Bonchev–Trinajstić information content (AvgIpc) is 3.07. The van der Waals surface area contributed by atoms with Crippen molar-refractivity contribution >= 4 is 91.2 Å². The first-order chi connectivity index (χ1) is 16.7.